The number of esters is 1. The highest BCUT2D eigenvalue weighted by Gasteiger charge is 2.44. The minimum absolute atomic E-state index is 0.0702. The lowest BCUT2D eigenvalue weighted by Gasteiger charge is -2.16. The number of ketones is 1. The van der Waals surface area contributed by atoms with Crippen LogP contribution in [0, 0.1) is 5.82 Å². The number of benzene rings is 1. The Morgan fingerprint density at radius 2 is 1.94 bits per heavy atom. The normalized spacial score (nSPS) is 16.2. The zero-order chi connectivity index (χ0) is 25.8. The summed E-state index contributed by atoms with van der Waals surface area (Å²) in [5, 5.41) is 5.38. The predicted molar refractivity (Wildman–Crippen MR) is 134 cm³/mol. The highest BCUT2D eigenvalue weighted by Crippen LogP contribution is 2.47. The van der Waals surface area contributed by atoms with E-state index in [0.29, 0.717) is 18.7 Å². The monoisotopic (exact) mass is 555 g/mol. The molecule has 1 aliphatic carbocycles. The third-order valence-corrected chi connectivity index (χ3v) is 6.05. The number of nitrogens with zero attached hydrogens (tertiary/aromatic N) is 2. The van der Waals surface area contributed by atoms with Gasteiger partial charge in [-0.1, -0.05) is 6.92 Å². The fourth-order valence-electron chi connectivity index (χ4n) is 3.73. The zero-order valence-corrected chi connectivity index (χ0v) is 20.8. The number of carbonyl (C=O) groups is 3. The number of nitrogens with two attached hydrogens (primary N) is 1. The van der Waals surface area contributed by atoms with E-state index in [1.807, 2.05) is 6.92 Å². The van der Waals surface area contributed by atoms with Gasteiger partial charge in [-0.25, -0.2) is 23.9 Å². The largest absolute Gasteiger partial charge is 0.422 e. The van der Waals surface area contributed by atoms with Gasteiger partial charge in [-0.3, -0.25) is 10.1 Å². The number of nitrogens with one attached hydrogen (secondary N) is 2. The standard InChI is InChI=1S/C25H23BrFN5O4/c1-2-3-19(33)15-6-7-17(27)22(23(15)36-24(34)13-4-8-20(28)29-11-13)16-10-18(16)31-25(35)32-21-9-5-14(26)12-30-21/h4-9,11-12,16,18H,2-3,10H2,1H3,(H2,28,29)(H2,30,31,32,35)/t16-,18+/m0/s1. The lowest BCUT2D eigenvalue weighted by atomic mass is 9.99. The lowest BCUT2D eigenvalue weighted by molar-refractivity contribution is 0.0729. The Labute approximate surface area is 214 Å². The van der Waals surface area contributed by atoms with Crippen LogP contribution in [-0.2, 0) is 0 Å². The third kappa shape index (κ3) is 5.85. The topological polar surface area (TPSA) is 136 Å². The molecule has 1 fully saturated rings. The van der Waals surface area contributed by atoms with Crippen molar-refractivity contribution in [1.82, 2.24) is 15.3 Å². The van der Waals surface area contributed by atoms with Crippen LogP contribution in [0.1, 0.15) is 58.4 Å². The molecule has 36 heavy (non-hydrogen) atoms. The number of carbonyl (C=O) groups excluding carboxylic acids is 3. The van der Waals surface area contributed by atoms with Crippen molar-refractivity contribution in [2.24, 2.45) is 0 Å². The van der Waals surface area contributed by atoms with Gasteiger partial charge in [0.15, 0.2) is 5.78 Å². The number of nitrogen functional groups attached to an aromatic ring is 1. The minimum atomic E-state index is -0.802. The second-order valence-electron chi connectivity index (χ2n) is 8.28. The van der Waals surface area contributed by atoms with Crippen molar-refractivity contribution in [3.05, 3.63) is 75.8 Å². The minimum Gasteiger partial charge on any atom is -0.422 e. The van der Waals surface area contributed by atoms with Crippen LogP contribution in [-0.4, -0.2) is 33.8 Å². The van der Waals surface area contributed by atoms with Gasteiger partial charge in [0.2, 0.25) is 0 Å². The number of urea groups is 1. The molecule has 0 saturated heterocycles. The SMILES string of the molecule is CCCC(=O)c1ccc(F)c([C@H]2C[C@H]2NC(=O)Nc2ccc(Br)cn2)c1OC(=O)c1ccc(N)nc1. The van der Waals surface area contributed by atoms with Crippen molar-refractivity contribution in [1.29, 1.82) is 0 Å². The van der Waals surface area contributed by atoms with E-state index >= 15 is 4.39 Å². The second kappa shape index (κ2) is 10.8. The van der Waals surface area contributed by atoms with Gasteiger partial charge in [0, 0.05) is 40.8 Å². The van der Waals surface area contributed by atoms with Crippen LogP contribution in [0.3, 0.4) is 0 Å². The van der Waals surface area contributed by atoms with Gasteiger partial charge in [0.1, 0.15) is 23.2 Å². The van der Waals surface area contributed by atoms with Crippen LogP contribution in [0.25, 0.3) is 0 Å². The number of hydrogen-bond donors (Lipinski definition) is 3. The first-order chi connectivity index (χ1) is 17.3. The van der Waals surface area contributed by atoms with Crippen molar-refractivity contribution in [3.8, 4) is 5.75 Å². The van der Waals surface area contributed by atoms with Gasteiger partial charge in [-0.15, -0.1) is 0 Å². The van der Waals surface area contributed by atoms with Crippen LogP contribution < -0.4 is 21.1 Å². The molecule has 186 valence electrons. The van der Waals surface area contributed by atoms with E-state index in [0.717, 1.165) is 4.47 Å². The molecule has 1 saturated carbocycles. The summed E-state index contributed by atoms with van der Waals surface area (Å²) >= 11 is 3.27. The first-order valence-corrected chi connectivity index (χ1v) is 12.0. The fourth-order valence-corrected chi connectivity index (χ4v) is 3.97. The summed E-state index contributed by atoms with van der Waals surface area (Å²) in [4.78, 5) is 46.0. The Bertz CT molecular complexity index is 1300. The number of aromatic nitrogens is 2. The molecular formula is C25H23BrFN5O4. The van der Waals surface area contributed by atoms with E-state index < -0.39 is 29.8 Å². The average Bonchev–Trinajstić information content (AvgIpc) is 3.59. The van der Waals surface area contributed by atoms with Gasteiger partial charge in [-0.05, 0) is 65.2 Å². The molecule has 11 heteroatoms. The number of amides is 2. The highest BCUT2D eigenvalue weighted by atomic mass is 79.9. The number of pyridine rings is 2. The van der Waals surface area contributed by atoms with E-state index in [1.54, 1.807) is 18.3 Å². The smallest absolute Gasteiger partial charge is 0.345 e. The average molecular weight is 556 g/mol. The summed E-state index contributed by atoms with van der Waals surface area (Å²) < 4.78 is 21.5. The molecule has 0 unspecified atom stereocenters. The zero-order valence-electron chi connectivity index (χ0n) is 19.3. The fraction of sp³-hybridized carbons (Fsp3) is 0.240. The maximum atomic E-state index is 15.1. The molecule has 0 radical (unpaired) electrons. The van der Waals surface area contributed by atoms with Crippen LogP contribution in [0.5, 0.6) is 5.75 Å². The summed E-state index contributed by atoms with van der Waals surface area (Å²) in [6.45, 7) is 1.84. The molecule has 4 rings (SSSR count). The number of halogens is 2. The highest BCUT2D eigenvalue weighted by molar-refractivity contribution is 9.10. The molecule has 2 heterocycles. The predicted octanol–water partition coefficient (Wildman–Crippen LogP) is 4.84. The number of ether oxygens (including phenoxy) is 1. The maximum Gasteiger partial charge on any atom is 0.345 e. The molecule has 0 aliphatic heterocycles. The molecule has 9 nitrogen and oxygen atoms in total. The van der Waals surface area contributed by atoms with E-state index in [9.17, 15) is 14.4 Å². The summed E-state index contributed by atoms with van der Waals surface area (Å²) in [5.41, 5.74) is 5.85. The molecule has 2 aromatic heterocycles. The quantitative estimate of drug-likeness (QED) is 0.205. The molecule has 2 atom stereocenters. The Balaban J connectivity index is 1.57. The van der Waals surface area contributed by atoms with Gasteiger partial charge in [-0.2, -0.15) is 0 Å². The lowest BCUT2D eigenvalue weighted by Crippen LogP contribution is -2.31. The molecular weight excluding hydrogens is 533 g/mol. The number of rotatable bonds is 8. The summed E-state index contributed by atoms with van der Waals surface area (Å²) in [6, 6.07) is 7.78. The summed E-state index contributed by atoms with van der Waals surface area (Å²) in [6.07, 6.45) is 3.96. The second-order valence-corrected chi connectivity index (χ2v) is 9.20. The molecule has 3 aromatic rings. The summed E-state index contributed by atoms with van der Waals surface area (Å²) in [7, 11) is 0. The molecule has 1 aromatic carbocycles. The third-order valence-electron chi connectivity index (χ3n) is 5.58. The van der Waals surface area contributed by atoms with Gasteiger partial charge < -0.3 is 15.8 Å². The Morgan fingerprint density at radius 1 is 1.14 bits per heavy atom. The Hall–Kier alpha value is -3.86. The van der Waals surface area contributed by atoms with E-state index in [4.69, 9.17) is 10.5 Å². The van der Waals surface area contributed by atoms with E-state index in [2.05, 4.69) is 36.5 Å². The first-order valence-electron chi connectivity index (χ1n) is 11.2. The Morgan fingerprint density at radius 3 is 2.61 bits per heavy atom. The van der Waals surface area contributed by atoms with Gasteiger partial charge in [0.25, 0.3) is 0 Å². The number of Topliss-reactive ketones (excluding diaryl/α,β-unsaturated/α-hetero) is 1. The van der Waals surface area contributed by atoms with Gasteiger partial charge >= 0.3 is 12.0 Å². The van der Waals surface area contributed by atoms with Crippen LogP contribution >= 0.6 is 15.9 Å². The van der Waals surface area contributed by atoms with E-state index in [1.165, 1.54) is 30.5 Å². The Kier molecular flexibility index (Phi) is 7.58. The van der Waals surface area contributed by atoms with Gasteiger partial charge in [0.05, 0.1) is 11.1 Å². The van der Waals surface area contributed by atoms with E-state index in [-0.39, 0.29) is 40.5 Å². The number of hydrogen-bond acceptors (Lipinski definition) is 7. The van der Waals surface area contributed by atoms with Crippen molar-refractivity contribution < 1.29 is 23.5 Å². The van der Waals surface area contributed by atoms with Crippen molar-refractivity contribution in [2.75, 3.05) is 11.1 Å². The van der Waals surface area contributed by atoms with Crippen molar-refractivity contribution in [2.45, 2.75) is 38.1 Å². The maximum absolute atomic E-state index is 15.1. The molecule has 0 bridgehead atoms. The van der Waals surface area contributed by atoms with Crippen molar-refractivity contribution >= 4 is 45.3 Å². The first kappa shape index (κ1) is 25.2. The van der Waals surface area contributed by atoms with Crippen molar-refractivity contribution in [3.63, 3.8) is 0 Å². The van der Waals surface area contributed by atoms with Crippen LogP contribution in [0.15, 0.2) is 53.3 Å². The van der Waals surface area contributed by atoms with Crippen LogP contribution in [0.4, 0.5) is 20.8 Å². The molecule has 2 amide bonds. The summed E-state index contributed by atoms with van der Waals surface area (Å²) in [5.74, 6) is -1.77. The molecule has 1 aliphatic rings. The number of anilines is 2. The molecule has 4 N–H and O–H groups in total. The molecule has 0 spiro atoms. The van der Waals surface area contributed by atoms with Crippen LogP contribution in [0.2, 0.25) is 0 Å².